The highest BCUT2D eigenvalue weighted by Gasteiger charge is 2.26. The number of rotatable bonds is 4. The number of nitrogens with one attached hydrogen (secondary N) is 1. The lowest BCUT2D eigenvalue weighted by Gasteiger charge is -2.20. The third-order valence-corrected chi connectivity index (χ3v) is 4.20. The van der Waals surface area contributed by atoms with Crippen molar-refractivity contribution in [3.8, 4) is 0 Å². The summed E-state index contributed by atoms with van der Waals surface area (Å²) in [5.74, 6) is 1.04. The van der Waals surface area contributed by atoms with Gasteiger partial charge in [-0.05, 0) is 37.6 Å². The Morgan fingerprint density at radius 1 is 1.24 bits per heavy atom. The Hall–Kier alpha value is -2.89. The molecule has 2 heterocycles. The molecule has 1 N–H and O–H groups in total. The number of aryl methyl sites for hydroxylation is 1. The molecule has 6 heteroatoms. The maximum Gasteiger partial charge on any atom is 0.258 e. The van der Waals surface area contributed by atoms with Crippen LogP contribution in [0.2, 0.25) is 0 Å². The zero-order valence-corrected chi connectivity index (χ0v) is 14.7. The molecule has 1 saturated heterocycles. The molecule has 1 fully saturated rings. The number of carbonyl (C=O) groups excluding carboxylic acids is 2. The van der Waals surface area contributed by atoms with Crippen molar-refractivity contribution in [2.75, 3.05) is 35.8 Å². The zero-order chi connectivity index (χ0) is 18.0. The predicted octanol–water partition coefficient (Wildman–Crippen LogP) is 2.84. The van der Waals surface area contributed by atoms with Gasteiger partial charge in [0.1, 0.15) is 11.6 Å². The maximum absolute atomic E-state index is 12.8. The molecule has 0 radical (unpaired) electrons. The first-order valence-corrected chi connectivity index (χ1v) is 8.32. The lowest BCUT2D eigenvalue weighted by molar-refractivity contribution is -0.117. The molecule has 3 rings (SSSR count). The highest BCUT2D eigenvalue weighted by atomic mass is 16.2. The summed E-state index contributed by atoms with van der Waals surface area (Å²) in [6, 6.07) is 11.0. The Balaban J connectivity index is 1.90. The molecule has 0 atom stereocenters. The van der Waals surface area contributed by atoms with E-state index < -0.39 is 0 Å². The van der Waals surface area contributed by atoms with E-state index in [-0.39, 0.29) is 11.8 Å². The number of hydrogen-bond acceptors (Lipinski definition) is 4. The van der Waals surface area contributed by atoms with E-state index in [0.29, 0.717) is 30.0 Å². The van der Waals surface area contributed by atoms with Crippen molar-refractivity contribution in [3.05, 3.63) is 47.5 Å². The second-order valence-electron chi connectivity index (χ2n) is 6.40. The molecule has 0 aliphatic carbocycles. The summed E-state index contributed by atoms with van der Waals surface area (Å²) in [6.07, 6.45) is 1.35. The number of carbonyl (C=O) groups is 2. The average Bonchev–Trinajstić information content (AvgIpc) is 3.01. The number of benzene rings is 1. The first-order valence-electron chi connectivity index (χ1n) is 8.32. The van der Waals surface area contributed by atoms with Gasteiger partial charge in [-0.3, -0.25) is 9.59 Å². The minimum absolute atomic E-state index is 0.0608. The van der Waals surface area contributed by atoms with Crippen LogP contribution in [0.3, 0.4) is 0 Å². The minimum Gasteiger partial charge on any atom is -0.363 e. The number of aromatic nitrogens is 1. The maximum atomic E-state index is 12.8. The zero-order valence-electron chi connectivity index (χ0n) is 14.7. The summed E-state index contributed by atoms with van der Waals surface area (Å²) < 4.78 is 0. The van der Waals surface area contributed by atoms with Crippen molar-refractivity contribution >= 4 is 29.1 Å². The molecule has 2 amide bonds. The molecular weight excluding hydrogens is 316 g/mol. The number of amides is 2. The highest BCUT2D eigenvalue weighted by Crippen LogP contribution is 2.27. The van der Waals surface area contributed by atoms with Gasteiger partial charge in [0.25, 0.3) is 5.91 Å². The summed E-state index contributed by atoms with van der Waals surface area (Å²) in [5.41, 5.74) is 2.12. The van der Waals surface area contributed by atoms with Gasteiger partial charge < -0.3 is 15.1 Å². The Morgan fingerprint density at radius 3 is 2.72 bits per heavy atom. The minimum atomic E-state index is -0.262. The van der Waals surface area contributed by atoms with Crippen LogP contribution in [0.5, 0.6) is 0 Å². The Bertz CT molecular complexity index is 817. The van der Waals surface area contributed by atoms with Crippen LogP contribution in [0, 0.1) is 6.92 Å². The van der Waals surface area contributed by atoms with Crippen molar-refractivity contribution in [3.63, 3.8) is 0 Å². The molecule has 2 aromatic rings. The monoisotopic (exact) mass is 338 g/mol. The smallest absolute Gasteiger partial charge is 0.258 e. The molecule has 0 spiro atoms. The van der Waals surface area contributed by atoms with Gasteiger partial charge in [-0.25, -0.2) is 4.98 Å². The molecule has 0 unspecified atom stereocenters. The lowest BCUT2D eigenvalue weighted by Crippen LogP contribution is -2.27. The molecule has 1 aliphatic rings. The van der Waals surface area contributed by atoms with Crippen molar-refractivity contribution < 1.29 is 9.59 Å². The molecule has 1 aliphatic heterocycles. The van der Waals surface area contributed by atoms with Crippen molar-refractivity contribution in [2.45, 2.75) is 19.8 Å². The number of anilines is 3. The fraction of sp³-hybridized carbons (Fsp3) is 0.316. The molecule has 25 heavy (non-hydrogen) atoms. The van der Waals surface area contributed by atoms with Crippen LogP contribution in [0.25, 0.3) is 0 Å². The van der Waals surface area contributed by atoms with E-state index in [9.17, 15) is 9.59 Å². The SMILES string of the molecule is Cc1ccc(N2CCCC2=O)c(C(=O)Nc2cccc(N(C)C)n2)c1. The summed E-state index contributed by atoms with van der Waals surface area (Å²) in [6.45, 7) is 2.58. The Kier molecular flexibility index (Phi) is 4.70. The standard InChI is InChI=1S/C19H22N4O2/c1-13-9-10-15(23-11-5-8-18(23)24)14(12-13)19(25)21-16-6-4-7-17(20-16)22(2)3/h4,6-7,9-10,12H,5,8,11H2,1-3H3,(H,20,21,25). The van der Waals surface area contributed by atoms with Crippen molar-refractivity contribution in [1.82, 2.24) is 4.98 Å². The lowest BCUT2D eigenvalue weighted by atomic mass is 10.1. The van der Waals surface area contributed by atoms with Gasteiger partial charge >= 0.3 is 0 Å². The normalized spacial score (nSPS) is 13.9. The third-order valence-electron chi connectivity index (χ3n) is 4.20. The molecule has 1 aromatic heterocycles. The summed E-state index contributed by atoms with van der Waals surface area (Å²) >= 11 is 0. The molecule has 130 valence electrons. The first-order chi connectivity index (χ1) is 12.0. The number of hydrogen-bond donors (Lipinski definition) is 1. The highest BCUT2D eigenvalue weighted by molar-refractivity contribution is 6.10. The quantitative estimate of drug-likeness (QED) is 0.931. The van der Waals surface area contributed by atoms with E-state index in [1.807, 2.05) is 56.3 Å². The largest absolute Gasteiger partial charge is 0.363 e. The van der Waals surface area contributed by atoms with Crippen LogP contribution >= 0.6 is 0 Å². The van der Waals surface area contributed by atoms with E-state index >= 15 is 0 Å². The molecule has 0 bridgehead atoms. The fourth-order valence-corrected chi connectivity index (χ4v) is 2.90. The Morgan fingerprint density at radius 2 is 2.04 bits per heavy atom. The number of nitrogens with zero attached hydrogens (tertiary/aromatic N) is 3. The van der Waals surface area contributed by atoms with Crippen LogP contribution in [0.1, 0.15) is 28.8 Å². The van der Waals surface area contributed by atoms with Crippen LogP contribution in [-0.2, 0) is 4.79 Å². The van der Waals surface area contributed by atoms with Crippen molar-refractivity contribution in [2.24, 2.45) is 0 Å². The molecule has 0 saturated carbocycles. The van der Waals surface area contributed by atoms with Crippen LogP contribution in [0.4, 0.5) is 17.3 Å². The summed E-state index contributed by atoms with van der Waals surface area (Å²) in [5, 5.41) is 2.84. The first kappa shape index (κ1) is 17.0. The van der Waals surface area contributed by atoms with Crippen LogP contribution in [-0.4, -0.2) is 37.4 Å². The van der Waals surface area contributed by atoms with Gasteiger partial charge in [0.05, 0.1) is 11.3 Å². The van der Waals surface area contributed by atoms with Gasteiger partial charge in [0.15, 0.2) is 0 Å². The third kappa shape index (κ3) is 3.63. The molecule has 1 aromatic carbocycles. The van der Waals surface area contributed by atoms with Gasteiger partial charge in [0, 0.05) is 27.1 Å². The second-order valence-corrected chi connectivity index (χ2v) is 6.40. The van der Waals surface area contributed by atoms with Crippen LogP contribution in [0.15, 0.2) is 36.4 Å². The van der Waals surface area contributed by atoms with E-state index in [1.54, 1.807) is 11.0 Å². The van der Waals surface area contributed by atoms with E-state index in [4.69, 9.17) is 0 Å². The Labute approximate surface area is 147 Å². The van der Waals surface area contributed by atoms with E-state index in [2.05, 4.69) is 10.3 Å². The van der Waals surface area contributed by atoms with E-state index in [0.717, 1.165) is 17.8 Å². The van der Waals surface area contributed by atoms with Gasteiger partial charge in [-0.1, -0.05) is 17.7 Å². The number of pyridine rings is 1. The van der Waals surface area contributed by atoms with Gasteiger partial charge in [-0.15, -0.1) is 0 Å². The second kappa shape index (κ2) is 6.93. The summed E-state index contributed by atoms with van der Waals surface area (Å²) in [7, 11) is 3.79. The molecule has 6 nitrogen and oxygen atoms in total. The van der Waals surface area contributed by atoms with Crippen molar-refractivity contribution in [1.29, 1.82) is 0 Å². The van der Waals surface area contributed by atoms with Gasteiger partial charge in [0.2, 0.25) is 5.91 Å². The fourth-order valence-electron chi connectivity index (χ4n) is 2.90. The van der Waals surface area contributed by atoms with Gasteiger partial charge in [-0.2, -0.15) is 0 Å². The predicted molar refractivity (Wildman–Crippen MR) is 99.3 cm³/mol. The van der Waals surface area contributed by atoms with E-state index in [1.165, 1.54) is 0 Å². The topological polar surface area (TPSA) is 65.5 Å². The summed E-state index contributed by atoms with van der Waals surface area (Å²) in [4.78, 5) is 32.9. The molecular formula is C19H22N4O2. The average molecular weight is 338 g/mol. The van der Waals surface area contributed by atoms with Crippen LogP contribution < -0.4 is 15.1 Å².